The molecule has 108 valence electrons. The molecule has 2 rings (SSSR count). The maximum absolute atomic E-state index is 12.3. The van der Waals surface area contributed by atoms with Crippen LogP contribution in [0.2, 0.25) is 0 Å². The number of pyridine rings is 1. The van der Waals surface area contributed by atoms with Gasteiger partial charge in [-0.05, 0) is 38.9 Å². The topological polar surface area (TPSA) is 71.2 Å². The highest BCUT2D eigenvalue weighted by atomic mass is 32.1. The number of hydrogen-bond acceptors (Lipinski definition) is 4. The van der Waals surface area contributed by atoms with Crippen molar-refractivity contribution in [3.8, 4) is 0 Å². The lowest BCUT2D eigenvalue weighted by atomic mass is 9.87. The van der Waals surface area contributed by atoms with E-state index >= 15 is 0 Å². The van der Waals surface area contributed by atoms with Gasteiger partial charge in [-0.1, -0.05) is 12.2 Å². The van der Waals surface area contributed by atoms with Crippen LogP contribution in [0.25, 0.3) is 0 Å². The van der Waals surface area contributed by atoms with Crippen LogP contribution in [-0.4, -0.2) is 46.5 Å². The van der Waals surface area contributed by atoms with Crippen molar-refractivity contribution < 1.29 is 4.79 Å². The van der Waals surface area contributed by atoms with E-state index in [1.54, 1.807) is 12.3 Å². The van der Waals surface area contributed by atoms with Crippen LogP contribution in [0.15, 0.2) is 18.3 Å². The number of nitrogens with one attached hydrogen (secondary N) is 1. The molecule has 0 aliphatic carbocycles. The van der Waals surface area contributed by atoms with E-state index in [4.69, 9.17) is 18.0 Å². The molecule has 1 aromatic rings. The SMILES string of the molecule is Cc1ccc(C(=O)NC2(C(N)=S)CCN(C)CC2)cn1. The number of hydrogen-bond donors (Lipinski definition) is 2. The Labute approximate surface area is 124 Å². The molecular formula is C14H20N4OS. The van der Waals surface area contributed by atoms with Gasteiger partial charge in [-0.2, -0.15) is 0 Å². The summed E-state index contributed by atoms with van der Waals surface area (Å²) in [6.07, 6.45) is 3.06. The second-order valence-corrected chi connectivity index (χ2v) is 5.83. The number of aromatic nitrogens is 1. The summed E-state index contributed by atoms with van der Waals surface area (Å²) >= 11 is 5.18. The van der Waals surface area contributed by atoms with Crippen molar-refractivity contribution in [2.75, 3.05) is 20.1 Å². The van der Waals surface area contributed by atoms with Crippen molar-refractivity contribution >= 4 is 23.1 Å². The molecule has 1 aromatic heterocycles. The molecule has 1 saturated heterocycles. The lowest BCUT2D eigenvalue weighted by Gasteiger charge is -2.40. The Bertz CT molecular complexity index is 506. The zero-order valence-electron chi connectivity index (χ0n) is 11.8. The summed E-state index contributed by atoms with van der Waals surface area (Å²) in [6, 6.07) is 3.58. The summed E-state index contributed by atoms with van der Waals surface area (Å²) < 4.78 is 0. The first-order valence-electron chi connectivity index (χ1n) is 6.66. The van der Waals surface area contributed by atoms with E-state index in [0.717, 1.165) is 31.6 Å². The average Bonchev–Trinajstić information content (AvgIpc) is 2.42. The van der Waals surface area contributed by atoms with E-state index in [1.807, 2.05) is 13.0 Å². The molecule has 20 heavy (non-hydrogen) atoms. The third-order valence-corrected chi connectivity index (χ3v) is 4.23. The van der Waals surface area contributed by atoms with Gasteiger partial charge in [0.15, 0.2) is 0 Å². The first-order chi connectivity index (χ1) is 9.43. The highest BCUT2D eigenvalue weighted by Crippen LogP contribution is 2.22. The molecule has 0 spiro atoms. The van der Waals surface area contributed by atoms with Crippen LogP contribution < -0.4 is 11.1 Å². The fourth-order valence-electron chi connectivity index (χ4n) is 2.32. The molecule has 2 heterocycles. The molecule has 6 heteroatoms. The van der Waals surface area contributed by atoms with Crippen molar-refractivity contribution in [2.24, 2.45) is 5.73 Å². The summed E-state index contributed by atoms with van der Waals surface area (Å²) in [6.45, 7) is 3.61. The zero-order chi connectivity index (χ0) is 14.8. The molecule has 0 saturated carbocycles. The molecule has 1 aliphatic rings. The molecule has 1 aliphatic heterocycles. The van der Waals surface area contributed by atoms with E-state index in [0.29, 0.717) is 10.6 Å². The van der Waals surface area contributed by atoms with Gasteiger partial charge in [0.2, 0.25) is 0 Å². The van der Waals surface area contributed by atoms with E-state index in [9.17, 15) is 4.79 Å². The summed E-state index contributed by atoms with van der Waals surface area (Å²) in [5, 5.41) is 3.02. The van der Waals surface area contributed by atoms with Crippen LogP contribution in [0.3, 0.4) is 0 Å². The smallest absolute Gasteiger partial charge is 0.253 e. The Morgan fingerprint density at radius 2 is 2.10 bits per heavy atom. The van der Waals surface area contributed by atoms with Gasteiger partial charge in [-0.15, -0.1) is 0 Å². The second-order valence-electron chi connectivity index (χ2n) is 5.39. The number of piperidine rings is 1. The van der Waals surface area contributed by atoms with Gasteiger partial charge >= 0.3 is 0 Å². The Morgan fingerprint density at radius 3 is 2.60 bits per heavy atom. The maximum atomic E-state index is 12.3. The normalized spacial score (nSPS) is 18.5. The van der Waals surface area contributed by atoms with Crippen LogP contribution >= 0.6 is 12.2 Å². The standard InChI is InChI=1S/C14H20N4OS/c1-10-3-4-11(9-16-10)12(19)17-14(13(15)20)5-7-18(2)8-6-14/h3-4,9H,5-8H2,1-2H3,(H2,15,20)(H,17,19). The van der Waals surface area contributed by atoms with E-state index in [1.165, 1.54) is 0 Å². The van der Waals surface area contributed by atoms with Crippen molar-refractivity contribution in [2.45, 2.75) is 25.3 Å². The molecule has 0 unspecified atom stereocenters. The van der Waals surface area contributed by atoms with Gasteiger partial charge in [0.25, 0.3) is 5.91 Å². The average molecular weight is 292 g/mol. The number of carbonyl (C=O) groups is 1. The molecule has 3 N–H and O–H groups in total. The number of nitrogens with two attached hydrogens (primary N) is 1. The predicted molar refractivity (Wildman–Crippen MR) is 82.7 cm³/mol. The minimum absolute atomic E-state index is 0.171. The summed E-state index contributed by atoms with van der Waals surface area (Å²) in [7, 11) is 2.05. The van der Waals surface area contributed by atoms with E-state index < -0.39 is 5.54 Å². The number of rotatable bonds is 3. The first-order valence-corrected chi connectivity index (χ1v) is 7.07. The van der Waals surface area contributed by atoms with Crippen LogP contribution in [0.1, 0.15) is 28.9 Å². The van der Waals surface area contributed by atoms with Gasteiger partial charge in [-0.25, -0.2) is 0 Å². The van der Waals surface area contributed by atoms with E-state index in [2.05, 4.69) is 22.2 Å². The monoisotopic (exact) mass is 292 g/mol. The van der Waals surface area contributed by atoms with Crippen molar-refractivity contribution in [3.63, 3.8) is 0 Å². The lowest BCUT2D eigenvalue weighted by Crippen LogP contribution is -2.61. The van der Waals surface area contributed by atoms with Crippen molar-refractivity contribution in [1.82, 2.24) is 15.2 Å². The summed E-state index contributed by atoms with van der Waals surface area (Å²) in [5.41, 5.74) is 6.71. The number of aryl methyl sites for hydroxylation is 1. The molecule has 0 atom stereocenters. The molecular weight excluding hydrogens is 272 g/mol. The molecule has 5 nitrogen and oxygen atoms in total. The van der Waals surface area contributed by atoms with Gasteiger partial charge in [0, 0.05) is 25.0 Å². The Hall–Kier alpha value is -1.53. The Kier molecular flexibility index (Phi) is 4.35. The highest BCUT2D eigenvalue weighted by molar-refractivity contribution is 7.80. The predicted octanol–water partition coefficient (Wildman–Crippen LogP) is 0.870. The van der Waals surface area contributed by atoms with Gasteiger partial charge in [-0.3, -0.25) is 9.78 Å². The minimum Gasteiger partial charge on any atom is -0.391 e. The quantitative estimate of drug-likeness (QED) is 0.809. The molecule has 1 amide bonds. The lowest BCUT2D eigenvalue weighted by molar-refractivity contribution is 0.0890. The molecule has 0 radical (unpaired) electrons. The van der Waals surface area contributed by atoms with Crippen molar-refractivity contribution in [1.29, 1.82) is 0 Å². The second kappa shape index (κ2) is 5.85. The van der Waals surface area contributed by atoms with E-state index in [-0.39, 0.29) is 5.91 Å². The number of carbonyl (C=O) groups excluding carboxylic acids is 1. The summed E-state index contributed by atoms with van der Waals surface area (Å²) in [4.78, 5) is 19.0. The third-order valence-electron chi connectivity index (χ3n) is 3.84. The number of likely N-dealkylation sites (tertiary alicyclic amines) is 1. The number of nitrogens with zero attached hydrogens (tertiary/aromatic N) is 2. The molecule has 0 bridgehead atoms. The molecule has 1 fully saturated rings. The van der Waals surface area contributed by atoms with Gasteiger partial charge in [0.1, 0.15) is 0 Å². The fourth-order valence-corrected chi connectivity index (χ4v) is 2.58. The Balaban J connectivity index is 2.14. The van der Waals surface area contributed by atoms with Crippen LogP contribution in [-0.2, 0) is 0 Å². The highest BCUT2D eigenvalue weighted by Gasteiger charge is 2.38. The Morgan fingerprint density at radius 1 is 1.45 bits per heavy atom. The van der Waals surface area contributed by atoms with Crippen LogP contribution in [0, 0.1) is 6.92 Å². The van der Waals surface area contributed by atoms with Crippen LogP contribution in [0.4, 0.5) is 0 Å². The maximum Gasteiger partial charge on any atom is 0.253 e. The van der Waals surface area contributed by atoms with Crippen LogP contribution in [0.5, 0.6) is 0 Å². The van der Waals surface area contributed by atoms with Gasteiger partial charge in [0.05, 0.1) is 16.1 Å². The number of thiocarbonyl (C=S) groups is 1. The third kappa shape index (κ3) is 3.13. The first kappa shape index (κ1) is 14.9. The van der Waals surface area contributed by atoms with Crippen molar-refractivity contribution in [3.05, 3.63) is 29.6 Å². The number of amides is 1. The largest absolute Gasteiger partial charge is 0.391 e. The minimum atomic E-state index is -0.580. The van der Waals surface area contributed by atoms with Gasteiger partial charge < -0.3 is 16.0 Å². The zero-order valence-corrected chi connectivity index (χ0v) is 12.7. The fraction of sp³-hybridized carbons (Fsp3) is 0.500. The molecule has 0 aromatic carbocycles. The summed E-state index contributed by atoms with van der Waals surface area (Å²) in [5.74, 6) is -0.171.